The Morgan fingerprint density at radius 2 is 1.70 bits per heavy atom. The van der Waals surface area contributed by atoms with E-state index in [1.165, 1.54) is 51.3 Å². The molecule has 1 aliphatic heterocycles. The van der Waals surface area contributed by atoms with Gasteiger partial charge in [0, 0.05) is 38.8 Å². The Hall–Kier alpha value is -1.35. The molecule has 7 heteroatoms. The van der Waals surface area contributed by atoms with Gasteiger partial charge in [-0.2, -0.15) is 0 Å². The van der Waals surface area contributed by atoms with E-state index in [0.29, 0.717) is 12.0 Å². The lowest BCUT2D eigenvalue weighted by Gasteiger charge is -2.34. The van der Waals surface area contributed by atoms with E-state index in [9.17, 15) is 4.79 Å². The zero-order chi connectivity index (χ0) is 21.1. The molecule has 1 aromatic rings. The molecule has 0 spiro atoms. The van der Waals surface area contributed by atoms with E-state index in [1.54, 1.807) is 0 Å². The molecule has 2 rings (SSSR count). The summed E-state index contributed by atoms with van der Waals surface area (Å²) in [4.78, 5) is 18.2. The van der Waals surface area contributed by atoms with Crippen LogP contribution in [0.5, 0.6) is 0 Å². The third kappa shape index (κ3) is 9.64. The van der Waals surface area contributed by atoms with Gasteiger partial charge >= 0.3 is 0 Å². The Morgan fingerprint density at radius 3 is 2.23 bits per heavy atom. The molecule has 30 heavy (non-hydrogen) atoms. The maximum atomic E-state index is 11.1. The number of halogens is 1. The quantitative estimate of drug-likeness (QED) is 0.272. The van der Waals surface area contributed by atoms with Crippen LogP contribution in [0.1, 0.15) is 52.0 Å². The van der Waals surface area contributed by atoms with Crippen molar-refractivity contribution in [3.05, 3.63) is 29.8 Å². The van der Waals surface area contributed by atoms with Crippen LogP contribution in [0.4, 0.5) is 5.69 Å². The number of likely N-dealkylation sites (tertiary alicyclic amines) is 1. The van der Waals surface area contributed by atoms with Crippen LogP contribution >= 0.6 is 24.0 Å². The van der Waals surface area contributed by atoms with Crippen molar-refractivity contribution in [1.82, 2.24) is 15.5 Å². The highest BCUT2D eigenvalue weighted by molar-refractivity contribution is 14.0. The van der Waals surface area contributed by atoms with Crippen LogP contribution < -0.4 is 16.0 Å². The minimum atomic E-state index is -0.0471. The van der Waals surface area contributed by atoms with Crippen LogP contribution in [0.2, 0.25) is 0 Å². The molecule has 0 aliphatic carbocycles. The third-order valence-electron chi connectivity index (χ3n) is 5.56. The van der Waals surface area contributed by atoms with E-state index < -0.39 is 0 Å². The first kappa shape index (κ1) is 26.7. The summed E-state index contributed by atoms with van der Waals surface area (Å²) >= 11 is 0. The number of rotatable bonds is 8. The molecule has 1 unspecified atom stereocenters. The number of amides is 1. The lowest BCUT2D eigenvalue weighted by molar-refractivity contribution is -0.114. The summed E-state index contributed by atoms with van der Waals surface area (Å²) in [5.74, 6) is 1.43. The van der Waals surface area contributed by atoms with Crippen molar-refractivity contribution in [3.63, 3.8) is 0 Å². The first-order valence-corrected chi connectivity index (χ1v) is 11.0. The van der Waals surface area contributed by atoms with Gasteiger partial charge in [-0.15, -0.1) is 24.0 Å². The van der Waals surface area contributed by atoms with E-state index in [2.05, 4.69) is 51.8 Å². The largest absolute Gasteiger partial charge is 0.356 e. The van der Waals surface area contributed by atoms with Crippen molar-refractivity contribution in [2.75, 3.05) is 38.5 Å². The maximum absolute atomic E-state index is 11.1. The minimum Gasteiger partial charge on any atom is -0.356 e. The molecule has 3 N–H and O–H groups in total. The Labute approximate surface area is 199 Å². The highest BCUT2D eigenvalue weighted by Gasteiger charge is 2.22. The van der Waals surface area contributed by atoms with E-state index in [-0.39, 0.29) is 29.9 Å². The average Bonchev–Trinajstić information content (AvgIpc) is 2.97. The van der Waals surface area contributed by atoms with E-state index in [0.717, 1.165) is 31.2 Å². The van der Waals surface area contributed by atoms with Gasteiger partial charge in [0.2, 0.25) is 5.91 Å². The van der Waals surface area contributed by atoms with Gasteiger partial charge in [-0.3, -0.25) is 14.7 Å². The first-order valence-electron chi connectivity index (χ1n) is 11.0. The summed E-state index contributed by atoms with van der Waals surface area (Å²) in [6.07, 6.45) is 6.27. The van der Waals surface area contributed by atoms with Crippen LogP contribution in [0, 0.1) is 5.92 Å². The third-order valence-corrected chi connectivity index (χ3v) is 5.56. The molecular weight excluding hydrogens is 489 g/mol. The Bertz CT molecular complexity index is 639. The molecule has 1 aliphatic rings. The number of nitrogens with one attached hydrogen (secondary N) is 3. The zero-order valence-corrected chi connectivity index (χ0v) is 21.4. The van der Waals surface area contributed by atoms with E-state index >= 15 is 0 Å². The number of nitrogens with zero attached hydrogens (tertiary/aromatic N) is 2. The molecule has 1 saturated heterocycles. The Kier molecular flexibility index (Phi) is 13.0. The zero-order valence-electron chi connectivity index (χ0n) is 19.0. The SMILES string of the molecule is CN=C(NCCc1ccc(NC(C)=O)cc1)NCC(C(C)C)N1CCCCCC1.I. The van der Waals surface area contributed by atoms with Crippen molar-refractivity contribution in [2.45, 2.75) is 58.9 Å². The standard InChI is InChI=1S/C23H39N5O.HI/c1-18(2)22(28-15-7-5-6-8-16-28)17-26-23(24-4)25-14-13-20-9-11-21(12-10-20)27-19(3)29;/h9-12,18,22H,5-8,13-17H2,1-4H3,(H,27,29)(H2,24,25,26);1H. The molecule has 0 radical (unpaired) electrons. The summed E-state index contributed by atoms with van der Waals surface area (Å²) in [6, 6.07) is 8.53. The number of hydrogen-bond donors (Lipinski definition) is 3. The number of hydrogen-bond acceptors (Lipinski definition) is 3. The fraction of sp³-hybridized carbons (Fsp3) is 0.652. The van der Waals surface area contributed by atoms with Gasteiger partial charge < -0.3 is 16.0 Å². The average molecular weight is 530 g/mol. The Morgan fingerprint density at radius 1 is 1.07 bits per heavy atom. The summed E-state index contributed by atoms with van der Waals surface area (Å²) in [5.41, 5.74) is 2.06. The van der Waals surface area contributed by atoms with Crippen molar-refractivity contribution in [3.8, 4) is 0 Å². The van der Waals surface area contributed by atoms with E-state index in [4.69, 9.17) is 0 Å². The highest BCUT2D eigenvalue weighted by atomic mass is 127. The summed E-state index contributed by atoms with van der Waals surface area (Å²) in [7, 11) is 1.83. The Balaban J connectivity index is 0.00000450. The predicted octanol–water partition coefficient (Wildman–Crippen LogP) is 3.87. The normalized spacial score (nSPS) is 16.4. The molecule has 0 aromatic heterocycles. The monoisotopic (exact) mass is 529 g/mol. The summed E-state index contributed by atoms with van der Waals surface area (Å²) < 4.78 is 0. The molecule has 1 aromatic carbocycles. The maximum Gasteiger partial charge on any atom is 0.221 e. The van der Waals surface area contributed by atoms with E-state index in [1.807, 2.05) is 19.2 Å². The number of carbonyl (C=O) groups excluding carboxylic acids is 1. The number of benzene rings is 1. The van der Waals surface area contributed by atoms with Crippen molar-refractivity contribution >= 4 is 41.5 Å². The molecular formula is C23H40IN5O. The van der Waals surface area contributed by atoms with Crippen LogP contribution in [0.3, 0.4) is 0 Å². The molecule has 170 valence electrons. The molecule has 1 amide bonds. The van der Waals surface area contributed by atoms with Crippen LogP contribution in [0.25, 0.3) is 0 Å². The van der Waals surface area contributed by atoms with Crippen LogP contribution in [0.15, 0.2) is 29.3 Å². The summed E-state index contributed by atoms with van der Waals surface area (Å²) in [5, 5.41) is 9.76. The topological polar surface area (TPSA) is 68.8 Å². The van der Waals surface area contributed by atoms with Gasteiger partial charge in [-0.25, -0.2) is 0 Å². The second-order valence-corrected chi connectivity index (χ2v) is 8.27. The molecule has 6 nitrogen and oxygen atoms in total. The summed E-state index contributed by atoms with van der Waals surface area (Å²) in [6.45, 7) is 10.3. The molecule has 1 heterocycles. The van der Waals surface area contributed by atoms with Gasteiger partial charge in [-0.1, -0.05) is 38.8 Å². The van der Waals surface area contributed by atoms with Crippen LogP contribution in [-0.2, 0) is 11.2 Å². The second-order valence-electron chi connectivity index (χ2n) is 8.27. The predicted molar refractivity (Wildman–Crippen MR) is 138 cm³/mol. The smallest absolute Gasteiger partial charge is 0.221 e. The molecule has 1 atom stereocenters. The molecule has 0 saturated carbocycles. The van der Waals surface area contributed by atoms with Gasteiger partial charge in [0.1, 0.15) is 0 Å². The number of guanidine groups is 1. The molecule has 0 bridgehead atoms. The van der Waals surface area contributed by atoms with Crippen molar-refractivity contribution in [2.24, 2.45) is 10.9 Å². The molecule has 1 fully saturated rings. The fourth-order valence-electron chi connectivity index (χ4n) is 3.92. The van der Waals surface area contributed by atoms with Gasteiger partial charge in [-0.05, 0) is 56.0 Å². The van der Waals surface area contributed by atoms with Crippen molar-refractivity contribution in [1.29, 1.82) is 0 Å². The number of anilines is 1. The first-order chi connectivity index (χ1) is 14.0. The van der Waals surface area contributed by atoms with Crippen LogP contribution in [-0.4, -0.2) is 56.0 Å². The minimum absolute atomic E-state index is 0. The second kappa shape index (κ2) is 14.6. The number of carbonyl (C=O) groups is 1. The van der Waals surface area contributed by atoms with Gasteiger partial charge in [0.25, 0.3) is 0 Å². The number of aliphatic imine (C=N–C) groups is 1. The lowest BCUT2D eigenvalue weighted by atomic mass is 10.0. The highest BCUT2D eigenvalue weighted by Crippen LogP contribution is 2.17. The fourth-order valence-corrected chi connectivity index (χ4v) is 3.92. The van der Waals surface area contributed by atoms with Crippen molar-refractivity contribution < 1.29 is 4.79 Å². The van der Waals surface area contributed by atoms with Gasteiger partial charge in [0.05, 0.1) is 0 Å². The van der Waals surface area contributed by atoms with Gasteiger partial charge in [0.15, 0.2) is 5.96 Å². The lowest BCUT2D eigenvalue weighted by Crippen LogP contribution is -2.50.